The smallest absolute Gasteiger partial charge is 0.0459 e. The highest BCUT2D eigenvalue weighted by molar-refractivity contribution is 4.81. The Morgan fingerprint density at radius 2 is 1.92 bits per heavy atom. The highest BCUT2D eigenvalue weighted by atomic mass is 16.3. The van der Waals surface area contributed by atoms with Gasteiger partial charge < -0.3 is 5.11 Å². The van der Waals surface area contributed by atoms with E-state index in [-0.39, 0.29) is 0 Å². The fourth-order valence-electron chi connectivity index (χ4n) is 2.01. The Morgan fingerprint density at radius 3 is 2.42 bits per heavy atom. The van der Waals surface area contributed by atoms with Crippen molar-refractivity contribution in [3.8, 4) is 0 Å². The minimum Gasteiger partial charge on any atom is -0.396 e. The average molecular weight is 169 g/mol. The van der Waals surface area contributed by atoms with Gasteiger partial charge in [0.2, 0.25) is 0 Å². The van der Waals surface area contributed by atoms with E-state index in [9.17, 15) is 0 Å². The summed E-state index contributed by atoms with van der Waals surface area (Å²) in [5.41, 5.74) is 0. The van der Waals surface area contributed by atoms with Crippen LogP contribution in [0.25, 0.3) is 0 Å². The van der Waals surface area contributed by atoms with Crippen LogP contribution in [-0.2, 0) is 0 Å². The lowest BCUT2D eigenvalue weighted by atomic mass is 9.80. The van der Waals surface area contributed by atoms with E-state index in [4.69, 9.17) is 5.11 Å². The lowest BCUT2D eigenvalue weighted by Crippen LogP contribution is -2.17. The fourth-order valence-corrected chi connectivity index (χ4v) is 2.01. The molecule has 1 N–H and O–H groups in total. The van der Waals surface area contributed by atoms with Crippen molar-refractivity contribution in [3.63, 3.8) is 0 Å². The molecule has 0 aromatic rings. The number of aliphatic hydroxyl groups excluding tert-OH is 1. The predicted octanol–water partition coefficient (Wildman–Crippen LogP) is 2.79. The molecule has 0 aromatic heterocycles. The molecule has 1 radical (unpaired) electrons. The molecule has 0 bridgehead atoms. The van der Waals surface area contributed by atoms with E-state index < -0.39 is 0 Å². The zero-order chi connectivity index (χ0) is 8.81. The molecular formula is C11H21O. The van der Waals surface area contributed by atoms with E-state index >= 15 is 0 Å². The molecule has 0 aromatic carbocycles. The number of aliphatic hydroxyl groups is 1. The molecule has 1 heteroatoms. The summed E-state index contributed by atoms with van der Waals surface area (Å²) in [6, 6.07) is 0. The standard InChI is InChI=1S/C11H21O/c1-2-3-4-10-5-7-11(9-12)8-6-10/h4,10-12H,2-3,5-9H2,1H3. The monoisotopic (exact) mass is 169 g/mol. The second-order valence-electron chi connectivity index (χ2n) is 3.99. The number of hydrogen-bond acceptors (Lipinski definition) is 1. The summed E-state index contributed by atoms with van der Waals surface area (Å²) >= 11 is 0. The molecule has 1 saturated carbocycles. The molecule has 0 aliphatic heterocycles. The second-order valence-corrected chi connectivity index (χ2v) is 3.99. The van der Waals surface area contributed by atoms with Gasteiger partial charge in [0.15, 0.2) is 0 Å². The molecule has 0 saturated heterocycles. The molecule has 1 aliphatic rings. The van der Waals surface area contributed by atoms with Crippen LogP contribution in [0.1, 0.15) is 45.4 Å². The second kappa shape index (κ2) is 5.58. The summed E-state index contributed by atoms with van der Waals surface area (Å²) in [4.78, 5) is 0. The third kappa shape index (κ3) is 3.14. The van der Waals surface area contributed by atoms with Gasteiger partial charge in [-0.25, -0.2) is 0 Å². The van der Waals surface area contributed by atoms with Crippen molar-refractivity contribution in [1.29, 1.82) is 0 Å². The zero-order valence-corrected chi connectivity index (χ0v) is 8.13. The highest BCUT2D eigenvalue weighted by Crippen LogP contribution is 2.30. The molecule has 0 spiro atoms. The van der Waals surface area contributed by atoms with Crippen molar-refractivity contribution in [2.45, 2.75) is 45.4 Å². The van der Waals surface area contributed by atoms with Crippen LogP contribution in [0.2, 0.25) is 0 Å². The van der Waals surface area contributed by atoms with Crippen molar-refractivity contribution in [3.05, 3.63) is 6.42 Å². The Kier molecular flexibility index (Phi) is 4.67. The van der Waals surface area contributed by atoms with Crippen molar-refractivity contribution >= 4 is 0 Å². The molecule has 0 heterocycles. The predicted molar refractivity (Wildman–Crippen MR) is 51.7 cm³/mol. The van der Waals surface area contributed by atoms with Gasteiger partial charge in [0.25, 0.3) is 0 Å². The van der Waals surface area contributed by atoms with E-state index in [1.54, 1.807) is 0 Å². The van der Waals surface area contributed by atoms with Crippen molar-refractivity contribution in [2.75, 3.05) is 6.61 Å². The summed E-state index contributed by atoms with van der Waals surface area (Å²) in [7, 11) is 0. The summed E-state index contributed by atoms with van der Waals surface area (Å²) in [5, 5.41) is 8.94. The summed E-state index contributed by atoms with van der Waals surface area (Å²) < 4.78 is 0. The lowest BCUT2D eigenvalue weighted by Gasteiger charge is -2.26. The van der Waals surface area contributed by atoms with Gasteiger partial charge in [0.05, 0.1) is 0 Å². The summed E-state index contributed by atoms with van der Waals surface area (Å²) in [6.07, 6.45) is 10.1. The fraction of sp³-hybridized carbons (Fsp3) is 0.909. The maximum absolute atomic E-state index is 8.94. The molecule has 71 valence electrons. The third-order valence-electron chi connectivity index (χ3n) is 2.94. The van der Waals surface area contributed by atoms with Crippen molar-refractivity contribution in [2.24, 2.45) is 11.8 Å². The minimum atomic E-state index is 0.403. The Labute approximate surface area is 76.2 Å². The molecule has 0 unspecified atom stereocenters. The van der Waals surface area contributed by atoms with Crippen LogP contribution in [0, 0.1) is 18.3 Å². The summed E-state index contributed by atoms with van der Waals surface area (Å²) in [6.45, 7) is 2.64. The van der Waals surface area contributed by atoms with E-state index in [1.165, 1.54) is 38.5 Å². The summed E-state index contributed by atoms with van der Waals surface area (Å²) in [5.74, 6) is 1.46. The number of rotatable bonds is 4. The molecule has 1 rings (SSSR count). The number of hydrogen-bond donors (Lipinski definition) is 1. The topological polar surface area (TPSA) is 20.2 Å². The third-order valence-corrected chi connectivity index (χ3v) is 2.94. The van der Waals surface area contributed by atoms with Crippen LogP contribution in [-0.4, -0.2) is 11.7 Å². The molecular weight excluding hydrogens is 148 g/mol. The molecule has 1 nitrogen and oxygen atoms in total. The molecule has 1 aliphatic carbocycles. The van der Waals surface area contributed by atoms with Gasteiger partial charge in [-0.05, 0) is 43.9 Å². The zero-order valence-electron chi connectivity index (χ0n) is 8.13. The van der Waals surface area contributed by atoms with Gasteiger partial charge in [0, 0.05) is 6.61 Å². The Hall–Kier alpha value is -0.0400. The minimum absolute atomic E-state index is 0.403. The molecule has 12 heavy (non-hydrogen) atoms. The van der Waals surface area contributed by atoms with Gasteiger partial charge >= 0.3 is 0 Å². The highest BCUT2D eigenvalue weighted by Gasteiger charge is 2.19. The van der Waals surface area contributed by atoms with Gasteiger partial charge in [-0.3, -0.25) is 0 Å². The normalized spacial score (nSPS) is 30.5. The Balaban J connectivity index is 2.09. The van der Waals surface area contributed by atoms with Crippen molar-refractivity contribution in [1.82, 2.24) is 0 Å². The van der Waals surface area contributed by atoms with Gasteiger partial charge in [-0.1, -0.05) is 19.8 Å². The number of unbranched alkanes of at least 4 members (excludes halogenated alkanes) is 1. The Morgan fingerprint density at radius 1 is 1.25 bits per heavy atom. The first-order valence-corrected chi connectivity index (χ1v) is 5.31. The van der Waals surface area contributed by atoms with Gasteiger partial charge in [-0.15, -0.1) is 0 Å². The van der Waals surface area contributed by atoms with E-state index in [2.05, 4.69) is 13.3 Å². The SMILES string of the molecule is CCC[CH]C1CCC(CO)CC1. The first-order valence-electron chi connectivity index (χ1n) is 5.31. The van der Waals surface area contributed by atoms with E-state index in [0.717, 1.165) is 5.92 Å². The lowest BCUT2D eigenvalue weighted by molar-refractivity contribution is 0.173. The van der Waals surface area contributed by atoms with Crippen LogP contribution in [0.15, 0.2) is 0 Å². The first-order chi connectivity index (χ1) is 5.86. The maximum atomic E-state index is 8.94. The average Bonchev–Trinajstić information content (AvgIpc) is 2.15. The van der Waals surface area contributed by atoms with Gasteiger partial charge in [-0.2, -0.15) is 0 Å². The van der Waals surface area contributed by atoms with Gasteiger partial charge in [0.1, 0.15) is 0 Å². The van der Waals surface area contributed by atoms with E-state index in [0.29, 0.717) is 12.5 Å². The van der Waals surface area contributed by atoms with Crippen molar-refractivity contribution < 1.29 is 5.11 Å². The molecule has 0 amide bonds. The van der Waals surface area contributed by atoms with E-state index in [1.807, 2.05) is 0 Å². The quantitative estimate of drug-likeness (QED) is 0.686. The maximum Gasteiger partial charge on any atom is 0.0459 e. The van der Waals surface area contributed by atoms with Crippen LogP contribution in [0.5, 0.6) is 0 Å². The first kappa shape index (κ1) is 10.0. The van der Waals surface area contributed by atoms with Crippen LogP contribution >= 0.6 is 0 Å². The Bertz CT molecular complexity index is 104. The van der Waals surface area contributed by atoms with Crippen LogP contribution < -0.4 is 0 Å². The molecule has 1 fully saturated rings. The van der Waals surface area contributed by atoms with Crippen LogP contribution in [0.4, 0.5) is 0 Å². The largest absolute Gasteiger partial charge is 0.396 e. The molecule has 0 atom stereocenters. The van der Waals surface area contributed by atoms with Crippen LogP contribution in [0.3, 0.4) is 0 Å².